The number of aliphatic hydroxyl groups excluding tert-OH is 1. The van der Waals surface area contributed by atoms with Crippen molar-refractivity contribution in [3.05, 3.63) is 11.6 Å². The molecule has 4 aliphatic carbocycles. The van der Waals surface area contributed by atoms with Crippen molar-refractivity contribution in [1.82, 2.24) is 0 Å². The van der Waals surface area contributed by atoms with Crippen LogP contribution in [-0.4, -0.2) is 11.2 Å². The first-order chi connectivity index (χ1) is 13.6. The fraction of sp³-hybridized carbons (Fsp3) is 0.929. The standard InChI is InChI=1S/C28H48O/c1-19(2)8-7-9-20(3)23-10-11-24-27(23,5)17-14-25-26(4)16-13-22(29)18-21(26)12-15-28(24,25)6/h12,19-20,22-25,29H,7-11,13-18H2,1-6H3/t20?,22-,23+,24+,25+,26-,27+,28-/m0/s1. The predicted molar refractivity (Wildman–Crippen MR) is 124 cm³/mol. The number of hydrogen-bond donors (Lipinski definition) is 1. The minimum Gasteiger partial charge on any atom is -0.393 e. The van der Waals surface area contributed by atoms with Gasteiger partial charge in [0.25, 0.3) is 0 Å². The molecule has 4 rings (SSSR count). The van der Waals surface area contributed by atoms with Crippen molar-refractivity contribution < 1.29 is 5.11 Å². The molecule has 0 amide bonds. The average Bonchev–Trinajstić information content (AvgIpc) is 3.00. The summed E-state index contributed by atoms with van der Waals surface area (Å²) in [5.74, 6) is 4.40. The van der Waals surface area contributed by atoms with E-state index < -0.39 is 0 Å². The lowest BCUT2D eigenvalue weighted by Crippen LogP contribution is -2.56. The Balaban J connectivity index is 1.55. The second kappa shape index (κ2) is 7.68. The Morgan fingerprint density at radius 1 is 0.931 bits per heavy atom. The topological polar surface area (TPSA) is 20.2 Å². The van der Waals surface area contributed by atoms with Gasteiger partial charge in [0.1, 0.15) is 0 Å². The van der Waals surface area contributed by atoms with Crippen molar-refractivity contribution in [2.75, 3.05) is 0 Å². The number of aliphatic hydroxyl groups is 1. The summed E-state index contributed by atoms with van der Waals surface area (Å²) in [7, 11) is 0. The van der Waals surface area contributed by atoms with E-state index in [0.717, 1.165) is 42.4 Å². The highest BCUT2D eigenvalue weighted by Gasteiger charge is 2.63. The Labute approximate surface area is 181 Å². The second-order valence-corrected chi connectivity index (χ2v) is 12.9. The Kier molecular flexibility index (Phi) is 5.81. The van der Waals surface area contributed by atoms with E-state index in [9.17, 15) is 5.11 Å². The molecule has 4 aliphatic rings. The molecule has 0 bridgehead atoms. The molecule has 1 nitrogen and oxygen atoms in total. The summed E-state index contributed by atoms with van der Waals surface area (Å²) in [5.41, 5.74) is 2.99. The minimum absolute atomic E-state index is 0.0879. The van der Waals surface area contributed by atoms with Gasteiger partial charge in [0, 0.05) is 0 Å². The molecule has 0 heterocycles. The third-order valence-electron chi connectivity index (χ3n) is 10.8. The smallest absolute Gasteiger partial charge is 0.0577 e. The Morgan fingerprint density at radius 3 is 2.41 bits per heavy atom. The highest BCUT2D eigenvalue weighted by Crippen LogP contribution is 2.71. The third-order valence-corrected chi connectivity index (χ3v) is 10.8. The third kappa shape index (κ3) is 3.46. The number of rotatable bonds is 5. The van der Waals surface area contributed by atoms with Gasteiger partial charge < -0.3 is 5.11 Å². The fourth-order valence-corrected chi connectivity index (χ4v) is 9.32. The van der Waals surface area contributed by atoms with Gasteiger partial charge in [-0.05, 0) is 97.2 Å². The van der Waals surface area contributed by atoms with Gasteiger partial charge in [0.2, 0.25) is 0 Å². The van der Waals surface area contributed by atoms with E-state index in [1.807, 2.05) is 0 Å². The minimum atomic E-state index is -0.0879. The van der Waals surface area contributed by atoms with E-state index in [2.05, 4.69) is 47.6 Å². The molecule has 1 heteroatoms. The Morgan fingerprint density at radius 2 is 1.69 bits per heavy atom. The highest BCUT2D eigenvalue weighted by atomic mass is 16.3. The van der Waals surface area contributed by atoms with Crippen LogP contribution in [0.4, 0.5) is 0 Å². The SMILES string of the molecule is CC(C)CCCC(C)[C@H]1CC[C@@H]2[C@]1(C)CC[C@H]1[C@@]2(C)CC=C2C[C@@H](O)CC[C@@]21C. The zero-order chi connectivity index (χ0) is 21.0. The lowest BCUT2D eigenvalue weighted by atomic mass is 9.41. The molecule has 3 saturated carbocycles. The quantitative estimate of drug-likeness (QED) is 0.467. The maximum Gasteiger partial charge on any atom is 0.0577 e. The van der Waals surface area contributed by atoms with Crippen LogP contribution < -0.4 is 0 Å². The maximum atomic E-state index is 10.3. The summed E-state index contributed by atoms with van der Waals surface area (Å²) in [6.07, 6.45) is 17.0. The molecule has 1 N–H and O–H groups in total. The molecule has 0 radical (unpaired) electrons. The van der Waals surface area contributed by atoms with Gasteiger partial charge in [-0.25, -0.2) is 0 Å². The molecule has 166 valence electrons. The van der Waals surface area contributed by atoms with Crippen LogP contribution in [0.15, 0.2) is 11.6 Å². The number of hydrogen-bond acceptors (Lipinski definition) is 1. The molecule has 0 aromatic carbocycles. The van der Waals surface area contributed by atoms with Gasteiger partial charge >= 0.3 is 0 Å². The van der Waals surface area contributed by atoms with E-state index in [0.29, 0.717) is 16.2 Å². The van der Waals surface area contributed by atoms with E-state index in [1.165, 1.54) is 57.8 Å². The average molecular weight is 401 g/mol. The van der Waals surface area contributed by atoms with E-state index in [1.54, 1.807) is 5.57 Å². The van der Waals surface area contributed by atoms with E-state index in [4.69, 9.17) is 0 Å². The predicted octanol–water partition coefficient (Wildman–Crippen LogP) is 7.78. The van der Waals surface area contributed by atoms with Crippen molar-refractivity contribution in [2.24, 2.45) is 45.8 Å². The molecule has 0 saturated heterocycles. The molecule has 0 aromatic heterocycles. The van der Waals surface area contributed by atoms with Crippen LogP contribution in [0.5, 0.6) is 0 Å². The van der Waals surface area contributed by atoms with Crippen LogP contribution >= 0.6 is 0 Å². The summed E-state index contributed by atoms with van der Waals surface area (Å²) >= 11 is 0. The van der Waals surface area contributed by atoms with Crippen LogP contribution in [-0.2, 0) is 0 Å². The van der Waals surface area contributed by atoms with Crippen LogP contribution in [0.1, 0.15) is 112 Å². The van der Waals surface area contributed by atoms with Gasteiger partial charge in [0.15, 0.2) is 0 Å². The summed E-state index contributed by atoms with van der Waals surface area (Å²) in [6.45, 7) is 15.3. The van der Waals surface area contributed by atoms with Crippen LogP contribution in [0.25, 0.3) is 0 Å². The molecule has 0 aromatic rings. The van der Waals surface area contributed by atoms with Crippen molar-refractivity contribution >= 4 is 0 Å². The first-order valence-corrected chi connectivity index (χ1v) is 13.0. The lowest BCUT2D eigenvalue weighted by Gasteiger charge is -2.63. The number of fused-ring (bicyclic) bond motifs is 5. The normalized spacial score (nSPS) is 47.9. The number of allylic oxidation sites excluding steroid dienone is 1. The van der Waals surface area contributed by atoms with Crippen molar-refractivity contribution in [3.63, 3.8) is 0 Å². The molecule has 3 fully saturated rings. The van der Waals surface area contributed by atoms with Crippen molar-refractivity contribution in [2.45, 2.75) is 118 Å². The van der Waals surface area contributed by atoms with E-state index in [-0.39, 0.29) is 6.10 Å². The first kappa shape index (κ1) is 21.9. The zero-order valence-corrected chi connectivity index (χ0v) is 20.3. The fourth-order valence-electron chi connectivity index (χ4n) is 9.32. The van der Waals surface area contributed by atoms with Crippen LogP contribution in [0, 0.1) is 45.8 Å². The summed E-state index contributed by atoms with van der Waals surface area (Å²) < 4.78 is 0. The first-order valence-electron chi connectivity index (χ1n) is 13.0. The highest BCUT2D eigenvalue weighted by molar-refractivity contribution is 5.28. The lowest BCUT2D eigenvalue weighted by molar-refractivity contribution is -0.114. The van der Waals surface area contributed by atoms with Gasteiger partial charge in [-0.15, -0.1) is 0 Å². The van der Waals surface area contributed by atoms with Crippen LogP contribution in [0.3, 0.4) is 0 Å². The Bertz CT molecular complexity index is 634. The summed E-state index contributed by atoms with van der Waals surface area (Å²) in [5, 5.41) is 10.3. The second-order valence-electron chi connectivity index (χ2n) is 12.9. The van der Waals surface area contributed by atoms with Gasteiger partial charge in [-0.2, -0.15) is 0 Å². The molecule has 1 unspecified atom stereocenters. The van der Waals surface area contributed by atoms with Gasteiger partial charge in [-0.1, -0.05) is 72.5 Å². The van der Waals surface area contributed by atoms with E-state index >= 15 is 0 Å². The Hall–Kier alpha value is -0.300. The molecular formula is C28H48O. The molecule has 0 aliphatic heterocycles. The largest absolute Gasteiger partial charge is 0.393 e. The molecular weight excluding hydrogens is 352 g/mol. The summed E-state index contributed by atoms with van der Waals surface area (Å²) in [6, 6.07) is 0. The molecule has 0 spiro atoms. The molecule has 8 atom stereocenters. The monoisotopic (exact) mass is 400 g/mol. The maximum absolute atomic E-state index is 10.3. The zero-order valence-electron chi connectivity index (χ0n) is 20.3. The summed E-state index contributed by atoms with van der Waals surface area (Å²) in [4.78, 5) is 0. The van der Waals surface area contributed by atoms with Crippen LogP contribution in [0.2, 0.25) is 0 Å². The van der Waals surface area contributed by atoms with Crippen molar-refractivity contribution in [3.8, 4) is 0 Å². The van der Waals surface area contributed by atoms with Crippen molar-refractivity contribution in [1.29, 1.82) is 0 Å². The molecule has 29 heavy (non-hydrogen) atoms. The van der Waals surface area contributed by atoms with Gasteiger partial charge in [0.05, 0.1) is 6.10 Å². The van der Waals surface area contributed by atoms with Gasteiger partial charge in [-0.3, -0.25) is 0 Å².